The van der Waals surface area contributed by atoms with Crippen LogP contribution in [-0.2, 0) is 12.7 Å². The third-order valence-electron chi connectivity index (χ3n) is 5.78. The second-order valence-electron chi connectivity index (χ2n) is 8.24. The fourth-order valence-corrected chi connectivity index (χ4v) is 3.76. The Morgan fingerprint density at radius 2 is 1.81 bits per heavy atom. The fourth-order valence-electron chi connectivity index (χ4n) is 3.76. The number of benzene rings is 1. The second-order valence-corrected chi connectivity index (χ2v) is 8.24. The first-order valence-corrected chi connectivity index (χ1v) is 10.4. The number of rotatable bonds is 7. The number of aliphatic hydroxyl groups is 1. The molecule has 4 rings (SSSR count). The summed E-state index contributed by atoms with van der Waals surface area (Å²) >= 11 is 0. The van der Waals surface area contributed by atoms with Crippen molar-refractivity contribution in [2.75, 3.05) is 29.9 Å². The molecule has 3 N–H and O–H groups in total. The second kappa shape index (κ2) is 8.58. The Morgan fingerprint density at radius 3 is 2.42 bits per heavy atom. The molecule has 0 atom stereocenters. The van der Waals surface area contributed by atoms with E-state index in [1.807, 2.05) is 0 Å². The van der Waals surface area contributed by atoms with Crippen LogP contribution in [0.15, 0.2) is 30.6 Å². The summed E-state index contributed by atoms with van der Waals surface area (Å²) in [6.07, 6.45) is -0.301. The maximum absolute atomic E-state index is 15.2. The van der Waals surface area contributed by atoms with E-state index in [2.05, 4.69) is 20.6 Å². The highest BCUT2D eigenvalue weighted by Gasteiger charge is 2.34. The molecule has 1 aliphatic carbocycles. The number of nitrogens with one attached hydrogen (secondary N) is 2. The lowest BCUT2D eigenvalue weighted by atomic mass is 9.92. The maximum atomic E-state index is 15.2. The summed E-state index contributed by atoms with van der Waals surface area (Å²) in [5, 5.41) is 16.7. The van der Waals surface area contributed by atoms with Gasteiger partial charge in [0.15, 0.2) is 11.6 Å². The molecule has 2 aromatic rings. The maximum Gasteiger partial charge on any atom is 0.416 e. The topological polar surface area (TPSA) is 73.3 Å². The van der Waals surface area contributed by atoms with E-state index in [1.165, 1.54) is 18.5 Å². The normalized spacial score (nSPS) is 18.6. The van der Waals surface area contributed by atoms with Crippen LogP contribution in [0.5, 0.6) is 0 Å². The molecule has 1 saturated carbocycles. The lowest BCUT2D eigenvalue weighted by Crippen LogP contribution is -2.46. The van der Waals surface area contributed by atoms with Gasteiger partial charge in [-0.2, -0.15) is 17.6 Å². The summed E-state index contributed by atoms with van der Waals surface area (Å²) in [6.45, 7) is 1.80. The van der Waals surface area contributed by atoms with Crippen LogP contribution in [0.3, 0.4) is 0 Å². The molecule has 2 heterocycles. The van der Waals surface area contributed by atoms with Crippen LogP contribution in [0.1, 0.15) is 36.8 Å². The van der Waals surface area contributed by atoms with Gasteiger partial charge >= 0.3 is 6.18 Å². The molecular weight excluding hydrogens is 414 g/mol. The number of hydrogen-bond donors (Lipinski definition) is 3. The van der Waals surface area contributed by atoms with Crippen molar-refractivity contribution in [3.8, 4) is 0 Å². The summed E-state index contributed by atoms with van der Waals surface area (Å²) < 4.78 is 53.7. The van der Waals surface area contributed by atoms with Gasteiger partial charge in [-0.3, -0.25) is 0 Å². The number of alkyl halides is 3. The summed E-state index contributed by atoms with van der Waals surface area (Å²) in [5.74, 6) is -0.508. The van der Waals surface area contributed by atoms with Gasteiger partial charge in [0, 0.05) is 19.1 Å². The minimum atomic E-state index is -4.40. The lowest BCUT2D eigenvalue weighted by molar-refractivity contribution is -0.137. The minimum absolute atomic E-state index is 0.00928. The highest BCUT2D eigenvalue weighted by molar-refractivity contribution is 5.52. The lowest BCUT2D eigenvalue weighted by Gasteiger charge is -2.33. The van der Waals surface area contributed by atoms with Gasteiger partial charge < -0.3 is 20.6 Å². The van der Waals surface area contributed by atoms with Gasteiger partial charge in [0.05, 0.1) is 11.2 Å². The van der Waals surface area contributed by atoms with Crippen molar-refractivity contribution in [2.24, 2.45) is 0 Å². The van der Waals surface area contributed by atoms with E-state index in [1.54, 1.807) is 4.90 Å². The predicted molar refractivity (Wildman–Crippen MR) is 108 cm³/mol. The molecule has 0 radical (unpaired) electrons. The quantitative estimate of drug-likeness (QED) is 0.575. The van der Waals surface area contributed by atoms with E-state index in [4.69, 9.17) is 0 Å². The summed E-state index contributed by atoms with van der Waals surface area (Å²) in [4.78, 5) is 9.87. The molecule has 31 heavy (non-hydrogen) atoms. The van der Waals surface area contributed by atoms with Gasteiger partial charge in [-0.1, -0.05) is 12.1 Å². The molecule has 1 saturated heterocycles. The number of hydrogen-bond acceptors (Lipinski definition) is 6. The van der Waals surface area contributed by atoms with E-state index >= 15 is 4.39 Å². The van der Waals surface area contributed by atoms with Crippen molar-refractivity contribution in [3.05, 3.63) is 47.5 Å². The van der Waals surface area contributed by atoms with Crippen LogP contribution < -0.4 is 15.5 Å². The average molecular weight is 439 g/mol. The molecule has 2 aliphatic rings. The SMILES string of the molecule is OC1(CNc2ncnc(N(Cc3ccc(C(F)(F)F)cc3)C3CC3)c2F)CCNCC1. The van der Waals surface area contributed by atoms with Crippen LogP contribution in [0.25, 0.3) is 0 Å². The molecule has 0 bridgehead atoms. The standard InChI is InChI=1S/C21H25F4N5O/c22-17-18(27-12-20(31)7-9-26-10-8-20)28-13-29-19(17)30(16-5-6-16)11-14-1-3-15(4-2-14)21(23,24)25/h1-4,13,16,26,31H,5-12H2,(H,27,28,29). The zero-order valence-corrected chi connectivity index (χ0v) is 16.9. The van der Waals surface area contributed by atoms with Gasteiger partial charge in [-0.05, 0) is 56.5 Å². The van der Waals surface area contributed by atoms with Crippen LogP contribution in [-0.4, -0.2) is 46.4 Å². The predicted octanol–water partition coefficient (Wildman–Crippen LogP) is 3.33. The highest BCUT2D eigenvalue weighted by Crippen LogP contribution is 2.35. The number of halogens is 4. The Kier molecular flexibility index (Phi) is 6.02. The Balaban J connectivity index is 1.50. The minimum Gasteiger partial charge on any atom is -0.388 e. The molecule has 6 nitrogen and oxygen atoms in total. The molecule has 0 amide bonds. The Bertz CT molecular complexity index is 896. The summed E-state index contributed by atoms with van der Waals surface area (Å²) in [7, 11) is 0. The van der Waals surface area contributed by atoms with Gasteiger partial charge in [0.1, 0.15) is 6.33 Å². The van der Waals surface area contributed by atoms with Crippen molar-refractivity contribution < 1.29 is 22.7 Å². The molecule has 10 heteroatoms. The van der Waals surface area contributed by atoms with Crippen molar-refractivity contribution in [3.63, 3.8) is 0 Å². The van der Waals surface area contributed by atoms with E-state index < -0.39 is 23.2 Å². The largest absolute Gasteiger partial charge is 0.416 e. The van der Waals surface area contributed by atoms with E-state index in [-0.39, 0.29) is 30.8 Å². The average Bonchev–Trinajstić information content (AvgIpc) is 3.57. The van der Waals surface area contributed by atoms with Gasteiger partial charge in [-0.15, -0.1) is 0 Å². The number of piperidine rings is 1. The van der Waals surface area contributed by atoms with E-state index in [0.29, 0.717) is 31.5 Å². The third kappa shape index (κ3) is 5.24. The fraction of sp³-hybridized carbons (Fsp3) is 0.524. The molecular formula is C21H25F4N5O. The molecule has 0 spiro atoms. The summed E-state index contributed by atoms with van der Waals surface area (Å²) in [6, 6.07) is 4.95. The number of aromatic nitrogens is 2. The first kappa shape index (κ1) is 21.8. The smallest absolute Gasteiger partial charge is 0.388 e. The number of nitrogens with zero attached hydrogens (tertiary/aromatic N) is 3. The van der Waals surface area contributed by atoms with Gasteiger partial charge in [-0.25, -0.2) is 9.97 Å². The zero-order valence-electron chi connectivity index (χ0n) is 16.9. The van der Waals surface area contributed by atoms with Crippen molar-refractivity contribution in [1.29, 1.82) is 0 Å². The molecule has 1 aromatic carbocycles. The Morgan fingerprint density at radius 1 is 1.13 bits per heavy atom. The Labute approximate surface area is 177 Å². The molecule has 168 valence electrons. The molecule has 1 aromatic heterocycles. The van der Waals surface area contributed by atoms with Crippen molar-refractivity contribution >= 4 is 11.6 Å². The monoisotopic (exact) mass is 439 g/mol. The van der Waals surface area contributed by atoms with Crippen molar-refractivity contribution in [2.45, 2.75) is 50.0 Å². The van der Waals surface area contributed by atoms with Crippen LogP contribution >= 0.6 is 0 Å². The third-order valence-corrected chi connectivity index (χ3v) is 5.78. The van der Waals surface area contributed by atoms with Crippen molar-refractivity contribution in [1.82, 2.24) is 15.3 Å². The number of anilines is 2. The van der Waals surface area contributed by atoms with Gasteiger partial charge in [0.2, 0.25) is 5.82 Å². The van der Waals surface area contributed by atoms with Crippen LogP contribution in [0.2, 0.25) is 0 Å². The molecule has 0 unspecified atom stereocenters. The van der Waals surface area contributed by atoms with E-state index in [9.17, 15) is 18.3 Å². The van der Waals surface area contributed by atoms with Gasteiger partial charge in [0.25, 0.3) is 0 Å². The van der Waals surface area contributed by atoms with E-state index in [0.717, 1.165) is 25.0 Å². The van der Waals surface area contributed by atoms with Crippen LogP contribution in [0.4, 0.5) is 29.2 Å². The van der Waals surface area contributed by atoms with Crippen LogP contribution in [0, 0.1) is 5.82 Å². The molecule has 1 aliphatic heterocycles. The highest BCUT2D eigenvalue weighted by atomic mass is 19.4. The Hall–Kier alpha value is -2.46. The molecule has 2 fully saturated rings. The zero-order chi connectivity index (χ0) is 22.1. The summed E-state index contributed by atoms with van der Waals surface area (Å²) in [5.41, 5.74) is -1.01. The first-order chi connectivity index (χ1) is 14.8. The first-order valence-electron chi connectivity index (χ1n) is 10.4.